The number of benzene rings is 2. The van der Waals surface area contributed by atoms with Crippen molar-refractivity contribution in [3.05, 3.63) is 59.9 Å². The van der Waals surface area contributed by atoms with Crippen LogP contribution in [0.1, 0.15) is 11.1 Å². The van der Waals surface area contributed by atoms with Gasteiger partial charge in [0.05, 0.1) is 27.0 Å². The average Bonchev–Trinajstić information content (AvgIpc) is 3.39. The van der Waals surface area contributed by atoms with Crippen LogP contribution >= 0.6 is 12.4 Å². The molecular formula is C20H22ClN5O5S. The molecule has 12 heteroatoms. The van der Waals surface area contributed by atoms with E-state index in [2.05, 4.69) is 15.0 Å². The van der Waals surface area contributed by atoms with Crippen LogP contribution in [0.5, 0.6) is 11.5 Å². The zero-order valence-electron chi connectivity index (χ0n) is 17.3. The summed E-state index contributed by atoms with van der Waals surface area (Å²) in [4.78, 5) is -0.0152. The van der Waals surface area contributed by atoms with Crippen LogP contribution in [0.15, 0.2) is 58.2 Å². The first-order chi connectivity index (χ1) is 14.9. The second kappa shape index (κ2) is 9.47. The molecule has 3 N–H and O–H groups in total. The molecule has 0 saturated heterocycles. The molecule has 0 spiro atoms. The molecule has 170 valence electrons. The van der Waals surface area contributed by atoms with Crippen molar-refractivity contribution in [1.82, 2.24) is 14.9 Å². The normalized spacial score (nSPS) is 11.2. The highest BCUT2D eigenvalue weighted by atomic mass is 35.5. The molecule has 0 fully saturated rings. The van der Waals surface area contributed by atoms with Crippen molar-refractivity contribution in [2.45, 2.75) is 18.0 Å². The molecule has 2 aromatic carbocycles. The van der Waals surface area contributed by atoms with Gasteiger partial charge in [0.25, 0.3) is 10.0 Å². The molecule has 0 aliphatic carbocycles. The fourth-order valence-corrected chi connectivity index (χ4v) is 4.40. The summed E-state index contributed by atoms with van der Waals surface area (Å²) in [6.07, 6.45) is 3.55. The van der Waals surface area contributed by atoms with Gasteiger partial charge in [-0.1, -0.05) is 17.3 Å². The number of fused-ring (bicyclic) bond motifs is 1. The fraction of sp³-hybridized carbons (Fsp3) is 0.200. The standard InChI is InChI=1S/C20H21N5O5S.ClH/c1-28-15-5-3-4-6-18(15)31(26,27)24-20-19-16(29-2)7-13(8-17(19)30-23-20)11-25-12-14(9-21)10-22-25;/h3-8,10,12H,9,11,21H2,1-2H3,(H,23,24);1H. The summed E-state index contributed by atoms with van der Waals surface area (Å²) in [5, 5.41) is 8.59. The quantitative estimate of drug-likeness (QED) is 0.394. The van der Waals surface area contributed by atoms with Crippen LogP contribution < -0.4 is 19.9 Å². The molecule has 2 aromatic heterocycles. The van der Waals surface area contributed by atoms with Crippen LogP contribution in [0, 0.1) is 0 Å². The second-order valence-corrected chi connectivity index (χ2v) is 8.36. The van der Waals surface area contributed by atoms with Crippen LogP contribution in [0.3, 0.4) is 0 Å². The molecule has 0 atom stereocenters. The minimum atomic E-state index is -3.98. The molecule has 10 nitrogen and oxygen atoms in total. The molecule has 32 heavy (non-hydrogen) atoms. The van der Waals surface area contributed by atoms with Crippen molar-refractivity contribution in [2.75, 3.05) is 18.9 Å². The first-order valence-electron chi connectivity index (χ1n) is 9.28. The fourth-order valence-electron chi connectivity index (χ4n) is 3.22. The van der Waals surface area contributed by atoms with Crippen molar-refractivity contribution in [3.8, 4) is 11.5 Å². The number of anilines is 1. The highest BCUT2D eigenvalue weighted by Crippen LogP contribution is 2.35. The Bertz CT molecular complexity index is 1340. The number of hydrogen-bond acceptors (Lipinski definition) is 8. The molecule has 0 bridgehead atoms. The topological polar surface area (TPSA) is 134 Å². The third kappa shape index (κ3) is 4.49. The Morgan fingerprint density at radius 2 is 1.88 bits per heavy atom. The number of halogens is 1. The average molecular weight is 480 g/mol. The van der Waals surface area contributed by atoms with E-state index in [9.17, 15) is 8.42 Å². The molecule has 4 aromatic rings. The minimum absolute atomic E-state index is 0. The summed E-state index contributed by atoms with van der Waals surface area (Å²) in [5.41, 5.74) is 7.76. The molecule has 0 aliphatic heterocycles. The third-order valence-electron chi connectivity index (χ3n) is 4.67. The smallest absolute Gasteiger partial charge is 0.266 e. The van der Waals surface area contributed by atoms with Gasteiger partial charge < -0.3 is 19.7 Å². The zero-order valence-corrected chi connectivity index (χ0v) is 18.9. The van der Waals surface area contributed by atoms with E-state index >= 15 is 0 Å². The van der Waals surface area contributed by atoms with Gasteiger partial charge in [0.2, 0.25) is 0 Å². The Morgan fingerprint density at radius 3 is 2.56 bits per heavy atom. The molecule has 0 saturated carbocycles. The number of para-hydroxylation sites is 1. The molecule has 0 unspecified atom stereocenters. The number of aromatic nitrogens is 3. The van der Waals surface area contributed by atoms with Gasteiger partial charge in [0.15, 0.2) is 11.4 Å². The van der Waals surface area contributed by atoms with Crippen molar-refractivity contribution in [2.24, 2.45) is 5.73 Å². The maximum atomic E-state index is 12.9. The second-order valence-electron chi connectivity index (χ2n) is 6.71. The zero-order chi connectivity index (χ0) is 22.0. The summed E-state index contributed by atoms with van der Waals surface area (Å²) in [6, 6.07) is 9.84. The number of hydrogen-bond donors (Lipinski definition) is 2. The highest BCUT2D eigenvalue weighted by molar-refractivity contribution is 7.92. The molecule has 0 aliphatic rings. The largest absolute Gasteiger partial charge is 0.496 e. The Balaban J connectivity index is 0.00000289. The highest BCUT2D eigenvalue weighted by Gasteiger charge is 2.24. The monoisotopic (exact) mass is 479 g/mol. The third-order valence-corrected chi connectivity index (χ3v) is 6.05. The number of ether oxygens (including phenoxy) is 2. The minimum Gasteiger partial charge on any atom is -0.496 e. The number of rotatable bonds is 8. The first kappa shape index (κ1) is 23.4. The van der Waals surface area contributed by atoms with Crippen molar-refractivity contribution in [3.63, 3.8) is 0 Å². The molecule has 2 heterocycles. The molecule has 0 amide bonds. The summed E-state index contributed by atoms with van der Waals surface area (Å²) in [5.74, 6) is 0.652. The van der Waals surface area contributed by atoms with Gasteiger partial charge >= 0.3 is 0 Å². The van der Waals surface area contributed by atoms with E-state index < -0.39 is 10.0 Å². The summed E-state index contributed by atoms with van der Waals surface area (Å²) in [7, 11) is -1.09. The van der Waals surface area contributed by atoms with Crippen LogP contribution in [0.2, 0.25) is 0 Å². The van der Waals surface area contributed by atoms with Crippen molar-refractivity contribution < 1.29 is 22.4 Å². The van der Waals surface area contributed by atoms with E-state index in [1.807, 2.05) is 6.20 Å². The van der Waals surface area contributed by atoms with Crippen molar-refractivity contribution >= 4 is 39.2 Å². The predicted octanol–water partition coefficient (Wildman–Crippen LogP) is 2.77. The lowest BCUT2D eigenvalue weighted by molar-refractivity contribution is 0.403. The van der Waals surface area contributed by atoms with E-state index in [1.165, 1.54) is 20.3 Å². The Morgan fingerprint density at radius 1 is 1.12 bits per heavy atom. The Labute approximate surface area is 190 Å². The number of sulfonamides is 1. The SMILES string of the molecule is COc1ccccc1S(=O)(=O)Nc1noc2cc(Cn3cc(CN)cn3)cc(OC)c12.Cl. The predicted molar refractivity (Wildman–Crippen MR) is 121 cm³/mol. The van der Waals surface area contributed by atoms with Crippen LogP contribution in [0.4, 0.5) is 5.82 Å². The van der Waals surface area contributed by atoms with Gasteiger partial charge in [-0.2, -0.15) is 5.10 Å². The summed E-state index contributed by atoms with van der Waals surface area (Å²) >= 11 is 0. The lowest BCUT2D eigenvalue weighted by Gasteiger charge is -2.11. The first-order valence-corrected chi connectivity index (χ1v) is 10.8. The lowest BCUT2D eigenvalue weighted by atomic mass is 10.1. The number of nitrogens with two attached hydrogens (primary N) is 1. The number of nitrogens with one attached hydrogen (secondary N) is 1. The Hall–Kier alpha value is -3.28. The molecule has 4 rings (SSSR count). The molecular weight excluding hydrogens is 458 g/mol. The maximum absolute atomic E-state index is 12.9. The van der Waals surface area contributed by atoms with Crippen LogP contribution in [-0.4, -0.2) is 37.6 Å². The van der Waals surface area contributed by atoms with E-state index in [0.29, 0.717) is 29.8 Å². The van der Waals surface area contributed by atoms with Gasteiger partial charge in [-0.05, 0) is 29.8 Å². The lowest BCUT2D eigenvalue weighted by Crippen LogP contribution is -2.14. The summed E-state index contributed by atoms with van der Waals surface area (Å²) in [6.45, 7) is 0.857. The number of nitrogens with zero attached hydrogens (tertiary/aromatic N) is 3. The van der Waals surface area contributed by atoms with Crippen LogP contribution in [0.25, 0.3) is 11.0 Å². The van der Waals surface area contributed by atoms with E-state index in [0.717, 1.165) is 11.1 Å². The van der Waals surface area contributed by atoms with Gasteiger partial charge in [0, 0.05) is 18.3 Å². The van der Waals surface area contributed by atoms with E-state index in [-0.39, 0.29) is 28.9 Å². The van der Waals surface area contributed by atoms with Crippen LogP contribution in [-0.2, 0) is 23.1 Å². The van der Waals surface area contributed by atoms with E-state index in [4.69, 9.17) is 19.7 Å². The van der Waals surface area contributed by atoms with Gasteiger partial charge in [-0.15, -0.1) is 12.4 Å². The van der Waals surface area contributed by atoms with Crippen molar-refractivity contribution in [1.29, 1.82) is 0 Å². The van der Waals surface area contributed by atoms with E-state index in [1.54, 1.807) is 41.2 Å². The van der Waals surface area contributed by atoms with Gasteiger partial charge in [-0.3, -0.25) is 9.40 Å². The maximum Gasteiger partial charge on any atom is 0.266 e. The number of methoxy groups -OCH3 is 2. The van der Waals surface area contributed by atoms with Gasteiger partial charge in [0.1, 0.15) is 21.8 Å². The summed E-state index contributed by atoms with van der Waals surface area (Å²) < 4.78 is 46.1. The Kier molecular flexibility index (Phi) is 6.92. The molecule has 0 radical (unpaired) electrons. The van der Waals surface area contributed by atoms with Gasteiger partial charge in [-0.25, -0.2) is 8.42 Å².